The van der Waals surface area contributed by atoms with Crippen LogP contribution in [0.5, 0.6) is 5.88 Å². The second-order valence-electron chi connectivity index (χ2n) is 7.29. The number of rotatable bonds is 10. The van der Waals surface area contributed by atoms with E-state index in [1.807, 2.05) is 18.3 Å². The highest BCUT2D eigenvalue weighted by Crippen LogP contribution is 2.26. The van der Waals surface area contributed by atoms with Crippen molar-refractivity contribution >= 4 is 0 Å². The van der Waals surface area contributed by atoms with Gasteiger partial charge in [0, 0.05) is 17.8 Å². The van der Waals surface area contributed by atoms with Crippen molar-refractivity contribution < 1.29 is 4.74 Å². The van der Waals surface area contributed by atoms with Crippen molar-refractivity contribution in [3.8, 4) is 28.1 Å². The van der Waals surface area contributed by atoms with Crippen molar-refractivity contribution in [1.82, 2.24) is 4.98 Å². The van der Waals surface area contributed by atoms with E-state index in [0.29, 0.717) is 5.88 Å². The van der Waals surface area contributed by atoms with E-state index in [-0.39, 0.29) is 0 Å². The molecule has 1 aromatic heterocycles. The molecule has 0 aliphatic heterocycles. The highest BCUT2D eigenvalue weighted by Gasteiger charge is 2.03. The van der Waals surface area contributed by atoms with E-state index in [0.717, 1.165) is 17.5 Å². The van der Waals surface area contributed by atoms with E-state index in [2.05, 4.69) is 60.4 Å². The summed E-state index contributed by atoms with van der Waals surface area (Å²) in [5, 5.41) is 0. The summed E-state index contributed by atoms with van der Waals surface area (Å²) in [6.45, 7) is 2.27. The lowest BCUT2D eigenvalue weighted by molar-refractivity contribution is 0.398. The van der Waals surface area contributed by atoms with Crippen LogP contribution in [-0.4, -0.2) is 12.1 Å². The first kappa shape index (κ1) is 20.1. The average Bonchev–Trinajstić information content (AvgIpc) is 2.76. The molecule has 0 spiro atoms. The predicted molar refractivity (Wildman–Crippen MR) is 118 cm³/mol. The van der Waals surface area contributed by atoms with E-state index in [1.165, 1.54) is 55.2 Å². The predicted octanol–water partition coefficient (Wildman–Crippen LogP) is 7.13. The zero-order chi connectivity index (χ0) is 19.6. The lowest BCUT2D eigenvalue weighted by Crippen LogP contribution is -1.89. The number of ether oxygens (including phenoxy) is 1. The van der Waals surface area contributed by atoms with Crippen molar-refractivity contribution in [2.24, 2.45) is 0 Å². The van der Waals surface area contributed by atoms with Gasteiger partial charge in [0.15, 0.2) is 0 Å². The van der Waals surface area contributed by atoms with Crippen LogP contribution in [0.15, 0.2) is 60.8 Å². The number of hydrogen-bond donors (Lipinski definition) is 0. The van der Waals surface area contributed by atoms with Gasteiger partial charge in [0.2, 0.25) is 5.88 Å². The lowest BCUT2D eigenvalue weighted by Gasteiger charge is -2.08. The average molecular weight is 373 g/mol. The van der Waals surface area contributed by atoms with Gasteiger partial charge < -0.3 is 4.74 Å². The Labute approximate surface area is 169 Å². The fourth-order valence-corrected chi connectivity index (χ4v) is 3.46. The van der Waals surface area contributed by atoms with Gasteiger partial charge in [0.25, 0.3) is 0 Å². The Bertz CT molecular complexity index is 837. The molecule has 0 amide bonds. The Hall–Kier alpha value is -2.61. The maximum Gasteiger partial charge on any atom is 0.212 e. The van der Waals surface area contributed by atoms with Gasteiger partial charge in [0.1, 0.15) is 0 Å². The highest BCUT2D eigenvalue weighted by atomic mass is 16.5. The van der Waals surface area contributed by atoms with Crippen LogP contribution in [0.4, 0.5) is 0 Å². The molecular formula is C26H30NO. The summed E-state index contributed by atoms with van der Waals surface area (Å²) in [5.74, 6) is 0.636. The van der Waals surface area contributed by atoms with Crippen LogP contribution in [0.25, 0.3) is 22.3 Å². The van der Waals surface area contributed by atoms with Gasteiger partial charge in [-0.3, -0.25) is 0 Å². The maximum atomic E-state index is 5.13. The molecule has 28 heavy (non-hydrogen) atoms. The molecule has 0 saturated heterocycles. The molecule has 0 aliphatic carbocycles. The van der Waals surface area contributed by atoms with Crippen molar-refractivity contribution in [2.45, 2.75) is 51.9 Å². The monoisotopic (exact) mass is 372 g/mol. The standard InChI is InChI=1S/C26H30NO/c1-3-4-5-6-7-8-10-21-11-9-12-24(19-21)22-13-15-23(16-14-22)25-17-18-26(28-2)27-20-25/h9,11,13-20H,3-8,10H2,1-2H3. The Kier molecular flexibility index (Phi) is 7.66. The van der Waals surface area contributed by atoms with E-state index in [1.54, 1.807) is 7.11 Å². The lowest BCUT2D eigenvalue weighted by atomic mass is 9.98. The molecule has 0 unspecified atom stereocenters. The summed E-state index contributed by atoms with van der Waals surface area (Å²) in [4.78, 5) is 4.29. The number of unbranched alkanes of at least 4 members (excludes halogenated alkanes) is 5. The van der Waals surface area contributed by atoms with E-state index >= 15 is 0 Å². The molecule has 2 aromatic carbocycles. The second kappa shape index (κ2) is 10.7. The quantitative estimate of drug-likeness (QED) is 0.353. The van der Waals surface area contributed by atoms with E-state index < -0.39 is 0 Å². The van der Waals surface area contributed by atoms with Crippen LogP contribution < -0.4 is 4.74 Å². The molecule has 0 aliphatic rings. The molecule has 1 heterocycles. The minimum absolute atomic E-state index is 0.636. The van der Waals surface area contributed by atoms with Gasteiger partial charge >= 0.3 is 0 Å². The zero-order valence-corrected chi connectivity index (χ0v) is 17.1. The SMILES string of the molecule is CCCCCCCCc1cc[c]c(-c2ccc(-c3ccc(OC)nc3)cc2)c1. The summed E-state index contributed by atoms with van der Waals surface area (Å²) in [6, 6.07) is 22.5. The van der Waals surface area contributed by atoms with Crippen LogP contribution in [0.3, 0.4) is 0 Å². The highest BCUT2D eigenvalue weighted by molar-refractivity contribution is 5.70. The Morgan fingerprint density at radius 1 is 0.821 bits per heavy atom. The molecule has 0 bridgehead atoms. The smallest absolute Gasteiger partial charge is 0.212 e. The van der Waals surface area contributed by atoms with Gasteiger partial charge in [-0.2, -0.15) is 0 Å². The van der Waals surface area contributed by atoms with Crippen molar-refractivity contribution in [3.63, 3.8) is 0 Å². The van der Waals surface area contributed by atoms with Gasteiger partial charge in [-0.1, -0.05) is 81.5 Å². The van der Waals surface area contributed by atoms with E-state index in [4.69, 9.17) is 4.74 Å². The summed E-state index contributed by atoms with van der Waals surface area (Å²) in [7, 11) is 1.63. The largest absolute Gasteiger partial charge is 0.481 e. The Balaban J connectivity index is 1.61. The van der Waals surface area contributed by atoms with Crippen molar-refractivity contribution in [2.75, 3.05) is 7.11 Å². The third-order valence-corrected chi connectivity index (χ3v) is 5.16. The van der Waals surface area contributed by atoms with Gasteiger partial charge in [-0.25, -0.2) is 4.98 Å². The number of pyridine rings is 1. The third kappa shape index (κ3) is 5.69. The molecule has 0 N–H and O–H groups in total. The molecule has 2 nitrogen and oxygen atoms in total. The van der Waals surface area contributed by atoms with Gasteiger partial charge in [-0.15, -0.1) is 0 Å². The van der Waals surface area contributed by atoms with Crippen LogP contribution in [0, 0.1) is 6.07 Å². The molecule has 1 radical (unpaired) electrons. The molecule has 0 saturated carbocycles. The van der Waals surface area contributed by atoms with Crippen LogP contribution >= 0.6 is 0 Å². The zero-order valence-electron chi connectivity index (χ0n) is 17.1. The number of aromatic nitrogens is 1. The number of methoxy groups -OCH3 is 1. The van der Waals surface area contributed by atoms with Crippen molar-refractivity contribution in [3.05, 3.63) is 72.4 Å². The molecule has 0 fully saturated rings. The Morgan fingerprint density at radius 2 is 1.54 bits per heavy atom. The molecule has 3 aromatic rings. The first-order valence-electron chi connectivity index (χ1n) is 10.4. The van der Waals surface area contributed by atoms with Gasteiger partial charge in [-0.05, 0) is 47.2 Å². The third-order valence-electron chi connectivity index (χ3n) is 5.16. The second-order valence-corrected chi connectivity index (χ2v) is 7.29. The number of nitrogens with zero attached hydrogens (tertiary/aromatic N) is 1. The normalized spacial score (nSPS) is 10.8. The van der Waals surface area contributed by atoms with Gasteiger partial charge in [0.05, 0.1) is 7.11 Å². The fourth-order valence-electron chi connectivity index (χ4n) is 3.46. The molecule has 2 heteroatoms. The molecule has 3 rings (SSSR count). The first-order chi connectivity index (χ1) is 13.8. The summed E-state index contributed by atoms with van der Waals surface area (Å²) in [6.07, 6.45) is 11.0. The number of aryl methyl sites for hydroxylation is 1. The minimum Gasteiger partial charge on any atom is -0.481 e. The van der Waals surface area contributed by atoms with Crippen LogP contribution in [0.1, 0.15) is 51.0 Å². The van der Waals surface area contributed by atoms with Crippen molar-refractivity contribution in [1.29, 1.82) is 0 Å². The molecule has 0 atom stereocenters. The summed E-state index contributed by atoms with van der Waals surface area (Å²) < 4.78 is 5.13. The molecular weight excluding hydrogens is 342 g/mol. The Morgan fingerprint density at radius 3 is 2.25 bits per heavy atom. The molecule has 145 valence electrons. The summed E-state index contributed by atoms with van der Waals surface area (Å²) >= 11 is 0. The maximum absolute atomic E-state index is 5.13. The topological polar surface area (TPSA) is 22.1 Å². The first-order valence-corrected chi connectivity index (χ1v) is 10.4. The number of benzene rings is 2. The van der Waals surface area contributed by atoms with Crippen LogP contribution in [-0.2, 0) is 6.42 Å². The minimum atomic E-state index is 0.636. The fraction of sp³-hybridized carbons (Fsp3) is 0.346. The van der Waals surface area contributed by atoms with Crippen LogP contribution in [0.2, 0.25) is 0 Å². The summed E-state index contributed by atoms with van der Waals surface area (Å²) in [5.41, 5.74) is 6.03. The van der Waals surface area contributed by atoms with E-state index in [9.17, 15) is 0 Å². The number of hydrogen-bond acceptors (Lipinski definition) is 2.